The molecule has 2 saturated heterocycles. The average Bonchev–Trinajstić information content (AvgIpc) is 2.68. The van der Waals surface area contributed by atoms with Crippen LogP contribution in [0, 0.1) is 0 Å². The first-order valence-corrected chi connectivity index (χ1v) is 7.86. The zero-order valence-electron chi connectivity index (χ0n) is 12.8. The number of hydrogen-bond acceptors (Lipinski definition) is 5. The first-order chi connectivity index (χ1) is 10.6. The van der Waals surface area contributed by atoms with Gasteiger partial charge in [0.25, 0.3) is 0 Å². The van der Waals surface area contributed by atoms with Gasteiger partial charge in [0.15, 0.2) is 0 Å². The van der Waals surface area contributed by atoms with Crippen LogP contribution in [0.2, 0.25) is 0 Å². The molecule has 0 saturated carbocycles. The molecule has 0 aromatic heterocycles. The number of ether oxygens (including phenoxy) is 1. The molecule has 2 heterocycles. The van der Waals surface area contributed by atoms with Crippen molar-refractivity contribution in [2.45, 2.75) is 49.5 Å². The summed E-state index contributed by atoms with van der Waals surface area (Å²) in [5.74, 6) is -1.01. The third kappa shape index (κ3) is 2.89. The minimum absolute atomic E-state index is 0.0702. The Balaban J connectivity index is 1.65. The van der Waals surface area contributed by atoms with E-state index in [0.29, 0.717) is 6.42 Å². The highest BCUT2D eigenvalue weighted by Gasteiger charge is 2.45. The zero-order valence-corrected chi connectivity index (χ0v) is 12.8. The van der Waals surface area contributed by atoms with Crippen LogP contribution in [0.1, 0.15) is 30.7 Å². The third-order valence-corrected chi connectivity index (χ3v) is 5.05. The van der Waals surface area contributed by atoms with Gasteiger partial charge in [-0.15, -0.1) is 0 Å². The van der Waals surface area contributed by atoms with Gasteiger partial charge in [-0.3, -0.25) is 9.69 Å². The molecule has 1 aromatic carbocycles. The molecular weight excluding hydrogens is 282 g/mol. The summed E-state index contributed by atoms with van der Waals surface area (Å²) < 4.78 is 5.64. The van der Waals surface area contributed by atoms with Crippen LogP contribution in [-0.2, 0) is 9.53 Å². The van der Waals surface area contributed by atoms with E-state index in [1.807, 2.05) is 37.4 Å². The summed E-state index contributed by atoms with van der Waals surface area (Å²) in [5, 5.41) is 19.6. The Kier molecular flexibility index (Phi) is 4.47. The van der Waals surface area contributed by atoms with Crippen LogP contribution >= 0.6 is 0 Å². The monoisotopic (exact) mass is 305 g/mol. The van der Waals surface area contributed by atoms with E-state index in [2.05, 4.69) is 4.90 Å². The Hall–Kier alpha value is -1.43. The van der Waals surface area contributed by atoms with E-state index in [-0.39, 0.29) is 36.9 Å². The van der Waals surface area contributed by atoms with Crippen LogP contribution in [0.15, 0.2) is 30.3 Å². The normalized spacial score (nSPS) is 32.7. The molecule has 5 nitrogen and oxygen atoms in total. The Morgan fingerprint density at radius 3 is 2.68 bits per heavy atom. The maximum atomic E-state index is 12.4. The van der Waals surface area contributed by atoms with E-state index in [1.54, 1.807) is 0 Å². The lowest BCUT2D eigenvalue weighted by Crippen LogP contribution is -2.45. The number of benzene rings is 1. The fourth-order valence-corrected chi connectivity index (χ4v) is 3.74. The van der Waals surface area contributed by atoms with Gasteiger partial charge in [0, 0.05) is 24.9 Å². The highest BCUT2D eigenvalue weighted by molar-refractivity contribution is 5.78. The number of carbonyl (C=O) groups excluding carboxylic acids is 1. The molecule has 0 aliphatic carbocycles. The molecule has 5 atom stereocenters. The molecule has 2 fully saturated rings. The topological polar surface area (TPSA) is 70.0 Å². The van der Waals surface area contributed by atoms with E-state index < -0.39 is 5.92 Å². The number of rotatable bonds is 4. The van der Waals surface area contributed by atoms with Gasteiger partial charge in [-0.1, -0.05) is 30.3 Å². The van der Waals surface area contributed by atoms with Gasteiger partial charge in [-0.2, -0.15) is 0 Å². The number of piperidine rings is 1. The SMILES string of the molecule is CN1C2C[C@H](OC(=O)[C@H](CO)c3ccccc3)C[C@@H]1[C@@H](O)C2. The van der Waals surface area contributed by atoms with Gasteiger partial charge in [0.2, 0.25) is 0 Å². The van der Waals surface area contributed by atoms with Crippen molar-refractivity contribution in [2.75, 3.05) is 13.7 Å². The van der Waals surface area contributed by atoms with E-state index in [0.717, 1.165) is 18.4 Å². The molecule has 2 N–H and O–H groups in total. The van der Waals surface area contributed by atoms with E-state index in [9.17, 15) is 15.0 Å². The van der Waals surface area contributed by atoms with Crippen molar-refractivity contribution < 1.29 is 19.7 Å². The molecule has 120 valence electrons. The summed E-state index contributed by atoms with van der Waals surface area (Å²) in [6.45, 7) is -0.259. The number of carbonyl (C=O) groups is 1. The molecule has 1 unspecified atom stereocenters. The number of likely N-dealkylation sites (N-methyl/N-ethyl adjacent to an activating group) is 1. The lowest BCUT2D eigenvalue weighted by molar-refractivity contribution is -0.155. The van der Waals surface area contributed by atoms with E-state index in [1.165, 1.54) is 0 Å². The first kappa shape index (κ1) is 15.5. The van der Waals surface area contributed by atoms with Crippen molar-refractivity contribution in [3.63, 3.8) is 0 Å². The van der Waals surface area contributed by atoms with Gasteiger partial charge < -0.3 is 14.9 Å². The second-order valence-corrected chi connectivity index (χ2v) is 6.37. The molecule has 0 radical (unpaired) electrons. The number of esters is 1. The molecule has 0 amide bonds. The van der Waals surface area contributed by atoms with Gasteiger partial charge in [0.05, 0.1) is 12.7 Å². The van der Waals surface area contributed by atoms with Crippen molar-refractivity contribution in [1.29, 1.82) is 0 Å². The summed E-state index contributed by atoms with van der Waals surface area (Å²) in [5.41, 5.74) is 0.769. The summed E-state index contributed by atoms with van der Waals surface area (Å²) in [6, 6.07) is 9.56. The molecular formula is C17H23NO4. The average molecular weight is 305 g/mol. The van der Waals surface area contributed by atoms with E-state index >= 15 is 0 Å². The summed E-state index contributed by atoms with van der Waals surface area (Å²) >= 11 is 0. The molecule has 2 aliphatic rings. The predicted molar refractivity (Wildman–Crippen MR) is 81.3 cm³/mol. The van der Waals surface area contributed by atoms with Crippen molar-refractivity contribution in [3.05, 3.63) is 35.9 Å². The standard InChI is InChI=1S/C17H23NO4/c1-18-12-7-13(9-15(18)16(20)8-12)22-17(21)14(10-19)11-5-3-2-4-6-11/h2-6,12-16,19-20H,7-10H2,1H3/t12?,13-,14+,15+,16-/m0/s1. The maximum Gasteiger partial charge on any atom is 0.316 e. The summed E-state index contributed by atoms with van der Waals surface area (Å²) in [7, 11) is 2.02. The van der Waals surface area contributed by atoms with Crippen molar-refractivity contribution >= 4 is 5.97 Å². The van der Waals surface area contributed by atoms with Crippen LogP contribution in [-0.4, -0.2) is 59.0 Å². The minimum Gasteiger partial charge on any atom is -0.462 e. The number of fused-ring (bicyclic) bond motifs is 2. The molecule has 5 heteroatoms. The maximum absolute atomic E-state index is 12.4. The van der Waals surface area contributed by atoms with Crippen LogP contribution < -0.4 is 0 Å². The molecule has 2 aliphatic heterocycles. The number of nitrogens with zero attached hydrogens (tertiary/aromatic N) is 1. The molecule has 0 spiro atoms. The minimum atomic E-state index is -0.636. The van der Waals surface area contributed by atoms with Gasteiger partial charge in [-0.25, -0.2) is 0 Å². The number of hydrogen-bond donors (Lipinski definition) is 2. The van der Waals surface area contributed by atoms with Crippen LogP contribution in [0.3, 0.4) is 0 Å². The van der Waals surface area contributed by atoms with Gasteiger partial charge in [0.1, 0.15) is 12.0 Å². The zero-order chi connectivity index (χ0) is 15.7. The van der Waals surface area contributed by atoms with Gasteiger partial charge in [-0.05, 0) is 19.0 Å². The molecule has 1 aromatic rings. The smallest absolute Gasteiger partial charge is 0.316 e. The quantitative estimate of drug-likeness (QED) is 0.809. The summed E-state index contributed by atoms with van der Waals surface area (Å²) in [4.78, 5) is 14.6. The van der Waals surface area contributed by atoms with Crippen molar-refractivity contribution in [2.24, 2.45) is 0 Å². The fraction of sp³-hybridized carbons (Fsp3) is 0.588. The lowest BCUT2D eigenvalue weighted by atomic mass is 9.98. The first-order valence-electron chi connectivity index (χ1n) is 7.86. The van der Waals surface area contributed by atoms with Crippen LogP contribution in [0.5, 0.6) is 0 Å². The highest BCUT2D eigenvalue weighted by atomic mass is 16.5. The Labute approximate surface area is 130 Å². The third-order valence-electron chi connectivity index (χ3n) is 5.05. The highest BCUT2D eigenvalue weighted by Crippen LogP contribution is 2.36. The van der Waals surface area contributed by atoms with E-state index in [4.69, 9.17) is 4.74 Å². The van der Waals surface area contributed by atoms with Crippen molar-refractivity contribution in [3.8, 4) is 0 Å². The largest absolute Gasteiger partial charge is 0.462 e. The number of aliphatic hydroxyl groups is 2. The lowest BCUT2D eigenvalue weighted by Gasteiger charge is -2.36. The fourth-order valence-electron chi connectivity index (χ4n) is 3.74. The molecule has 2 bridgehead atoms. The second-order valence-electron chi connectivity index (χ2n) is 6.37. The number of aliphatic hydroxyl groups excluding tert-OH is 2. The Morgan fingerprint density at radius 1 is 1.32 bits per heavy atom. The Morgan fingerprint density at radius 2 is 2.05 bits per heavy atom. The predicted octanol–water partition coefficient (Wildman–Crippen LogP) is 0.902. The van der Waals surface area contributed by atoms with Crippen LogP contribution in [0.4, 0.5) is 0 Å². The Bertz CT molecular complexity index is 521. The van der Waals surface area contributed by atoms with Gasteiger partial charge >= 0.3 is 5.97 Å². The van der Waals surface area contributed by atoms with Crippen LogP contribution in [0.25, 0.3) is 0 Å². The van der Waals surface area contributed by atoms with Crippen molar-refractivity contribution in [1.82, 2.24) is 4.90 Å². The second kappa shape index (κ2) is 6.36. The molecule has 3 rings (SSSR count). The molecule has 22 heavy (non-hydrogen) atoms. The summed E-state index contributed by atoms with van der Waals surface area (Å²) in [6.07, 6.45) is 1.66.